The normalized spacial score (nSPS) is 12.7. The first-order valence-corrected chi connectivity index (χ1v) is 5.38. The molecule has 1 aromatic carbocycles. The van der Waals surface area contributed by atoms with Crippen LogP contribution >= 0.6 is 11.3 Å². The summed E-state index contributed by atoms with van der Waals surface area (Å²) in [5.74, 6) is -0.258. The minimum absolute atomic E-state index is 0.258. The Kier molecular flexibility index (Phi) is 2.79. The van der Waals surface area contributed by atoms with Gasteiger partial charge in [0.1, 0.15) is 10.8 Å². The van der Waals surface area contributed by atoms with Crippen molar-refractivity contribution in [2.24, 2.45) is 0 Å². The SMILES string of the molecule is CC(O)c1cnc(-c2ccc(F)cc2)s1. The van der Waals surface area contributed by atoms with E-state index < -0.39 is 6.10 Å². The van der Waals surface area contributed by atoms with Crippen LogP contribution in [0.4, 0.5) is 4.39 Å². The molecule has 0 fully saturated rings. The molecule has 0 aliphatic rings. The van der Waals surface area contributed by atoms with E-state index in [1.165, 1.54) is 23.5 Å². The lowest BCUT2D eigenvalue weighted by atomic mass is 10.2. The Hall–Kier alpha value is -1.26. The second-order valence-corrected chi connectivity index (χ2v) is 4.31. The number of thiazole rings is 1. The maximum absolute atomic E-state index is 12.7. The molecule has 2 nitrogen and oxygen atoms in total. The molecule has 1 aromatic heterocycles. The standard InChI is InChI=1S/C11H10FNOS/c1-7(14)10-6-13-11(15-10)8-2-4-9(12)5-3-8/h2-7,14H,1H3. The fraction of sp³-hybridized carbons (Fsp3) is 0.182. The molecule has 78 valence electrons. The average Bonchev–Trinajstić information content (AvgIpc) is 2.68. The smallest absolute Gasteiger partial charge is 0.123 e. The summed E-state index contributed by atoms with van der Waals surface area (Å²) >= 11 is 1.42. The number of aliphatic hydroxyl groups excluding tert-OH is 1. The number of hydrogen-bond acceptors (Lipinski definition) is 3. The number of nitrogens with zero attached hydrogens (tertiary/aromatic N) is 1. The lowest BCUT2D eigenvalue weighted by Gasteiger charge is -1.97. The van der Waals surface area contributed by atoms with Gasteiger partial charge in [0.2, 0.25) is 0 Å². The number of aliphatic hydroxyl groups is 1. The predicted octanol–water partition coefficient (Wildman–Crippen LogP) is 3.00. The van der Waals surface area contributed by atoms with E-state index in [-0.39, 0.29) is 5.82 Å². The van der Waals surface area contributed by atoms with Gasteiger partial charge in [0.25, 0.3) is 0 Å². The van der Waals surface area contributed by atoms with Gasteiger partial charge in [-0.1, -0.05) is 0 Å². The zero-order valence-electron chi connectivity index (χ0n) is 8.14. The van der Waals surface area contributed by atoms with Crippen molar-refractivity contribution in [1.29, 1.82) is 0 Å². The second kappa shape index (κ2) is 4.08. The van der Waals surface area contributed by atoms with Crippen molar-refractivity contribution >= 4 is 11.3 Å². The van der Waals surface area contributed by atoms with Crippen LogP contribution in [0, 0.1) is 5.82 Å². The molecular weight excluding hydrogens is 213 g/mol. The Morgan fingerprint density at radius 2 is 2.00 bits per heavy atom. The van der Waals surface area contributed by atoms with Crippen molar-refractivity contribution < 1.29 is 9.50 Å². The predicted molar refractivity (Wildman–Crippen MR) is 58.1 cm³/mol. The summed E-state index contributed by atoms with van der Waals surface area (Å²) in [6.45, 7) is 1.70. The first-order chi connectivity index (χ1) is 7.16. The minimum atomic E-state index is -0.503. The van der Waals surface area contributed by atoms with Crippen molar-refractivity contribution in [2.45, 2.75) is 13.0 Å². The first-order valence-electron chi connectivity index (χ1n) is 4.56. The Labute approximate surface area is 91.0 Å². The van der Waals surface area contributed by atoms with Crippen molar-refractivity contribution in [1.82, 2.24) is 4.98 Å². The molecule has 0 aliphatic heterocycles. The fourth-order valence-electron chi connectivity index (χ4n) is 1.21. The second-order valence-electron chi connectivity index (χ2n) is 3.25. The van der Waals surface area contributed by atoms with Crippen molar-refractivity contribution in [3.8, 4) is 10.6 Å². The van der Waals surface area contributed by atoms with Gasteiger partial charge in [0, 0.05) is 11.8 Å². The summed E-state index contributed by atoms with van der Waals surface area (Å²) in [7, 11) is 0. The zero-order valence-corrected chi connectivity index (χ0v) is 8.96. The Bertz CT molecular complexity index is 450. The number of aromatic nitrogens is 1. The molecule has 0 saturated carbocycles. The zero-order chi connectivity index (χ0) is 10.8. The van der Waals surface area contributed by atoms with E-state index >= 15 is 0 Å². The van der Waals surface area contributed by atoms with E-state index in [1.807, 2.05) is 0 Å². The molecule has 1 unspecified atom stereocenters. The molecule has 0 saturated heterocycles. The topological polar surface area (TPSA) is 33.1 Å². The molecule has 1 atom stereocenters. The lowest BCUT2D eigenvalue weighted by molar-refractivity contribution is 0.203. The summed E-state index contributed by atoms with van der Waals surface area (Å²) in [5, 5.41) is 10.1. The maximum atomic E-state index is 12.7. The van der Waals surface area contributed by atoms with E-state index in [9.17, 15) is 9.50 Å². The number of benzene rings is 1. The Morgan fingerprint density at radius 3 is 2.53 bits per heavy atom. The lowest BCUT2D eigenvalue weighted by Crippen LogP contribution is -1.83. The van der Waals surface area contributed by atoms with Crippen LogP contribution in [0.15, 0.2) is 30.5 Å². The quantitative estimate of drug-likeness (QED) is 0.849. The maximum Gasteiger partial charge on any atom is 0.123 e. The van der Waals surface area contributed by atoms with Gasteiger partial charge in [0.05, 0.1) is 11.0 Å². The van der Waals surface area contributed by atoms with Crippen LogP contribution in [-0.2, 0) is 0 Å². The third kappa shape index (κ3) is 2.22. The summed E-state index contributed by atoms with van der Waals surface area (Å²) in [5.41, 5.74) is 0.869. The van der Waals surface area contributed by atoms with E-state index in [4.69, 9.17) is 0 Å². The molecule has 0 aliphatic carbocycles. The highest BCUT2D eigenvalue weighted by atomic mass is 32.1. The van der Waals surface area contributed by atoms with Crippen LogP contribution in [0.5, 0.6) is 0 Å². The van der Waals surface area contributed by atoms with Crippen molar-refractivity contribution in [2.75, 3.05) is 0 Å². The summed E-state index contributed by atoms with van der Waals surface area (Å²) in [6.07, 6.45) is 1.14. The van der Waals surface area contributed by atoms with Crippen LogP contribution in [-0.4, -0.2) is 10.1 Å². The largest absolute Gasteiger partial charge is 0.388 e. The van der Waals surface area contributed by atoms with Gasteiger partial charge >= 0.3 is 0 Å². The molecule has 0 amide bonds. The summed E-state index contributed by atoms with van der Waals surface area (Å²) in [4.78, 5) is 4.99. The van der Waals surface area contributed by atoms with Crippen LogP contribution < -0.4 is 0 Å². The molecule has 2 rings (SSSR count). The monoisotopic (exact) mass is 223 g/mol. The Balaban J connectivity index is 2.33. The molecule has 2 aromatic rings. The summed E-state index contributed by atoms with van der Waals surface area (Å²) in [6, 6.07) is 6.16. The van der Waals surface area contributed by atoms with Crippen LogP contribution in [0.3, 0.4) is 0 Å². The van der Waals surface area contributed by atoms with Gasteiger partial charge in [0.15, 0.2) is 0 Å². The minimum Gasteiger partial charge on any atom is -0.388 e. The van der Waals surface area contributed by atoms with Gasteiger partial charge in [-0.05, 0) is 31.2 Å². The highest BCUT2D eigenvalue weighted by molar-refractivity contribution is 7.15. The van der Waals surface area contributed by atoms with E-state index in [0.29, 0.717) is 0 Å². The summed E-state index contributed by atoms with van der Waals surface area (Å²) < 4.78 is 12.7. The van der Waals surface area contributed by atoms with Gasteiger partial charge in [-0.25, -0.2) is 9.37 Å². The van der Waals surface area contributed by atoms with Crippen LogP contribution in [0.1, 0.15) is 17.9 Å². The van der Waals surface area contributed by atoms with Crippen molar-refractivity contribution in [3.05, 3.63) is 41.2 Å². The van der Waals surface area contributed by atoms with Gasteiger partial charge < -0.3 is 5.11 Å². The molecule has 1 heterocycles. The molecule has 0 spiro atoms. The number of halogens is 1. The van der Waals surface area contributed by atoms with Crippen molar-refractivity contribution in [3.63, 3.8) is 0 Å². The highest BCUT2D eigenvalue weighted by Gasteiger charge is 2.08. The molecule has 1 N–H and O–H groups in total. The van der Waals surface area contributed by atoms with E-state index in [0.717, 1.165) is 15.4 Å². The van der Waals surface area contributed by atoms with Gasteiger partial charge in [-0.15, -0.1) is 11.3 Å². The number of hydrogen-bond donors (Lipinski definition) is 1. The fourth-order valence-corrected chi connectivity index (χ4v) is 2.06. The molecular formula is C11H10FNOS. The van der Waals surface area contributed by atoms with E-state index in [2.05, 4.69) is 4.98 Å². The molecule has 0 radical (unpaired) electrons. The third-order valence-electron chi connectivity index (χ3n) is 2.03. The molecule has 15 heavy (non-hydrogen) atoms. The molecule has 0 bridgehead atoms. The van der Waals surface area contributed by atoms with Crippen LogP contribution in [0.2, 0.25) is 0 Å². The van der Waals surface area contributed by atoms with Gasteiger partial charge in [-0.2, -0.15) is 0 Å². The molecule has 4 heteroatoms. The highest BCUT2D eigenvalue weighted by Crippen LogP contribution is 2.28. The third-order valence-corrected chi connectivity index (χ3v) is 3.24. The first kappa shape index (κ1) is 10.3. The Morgan fingerprint density at radius 1 is 1.33 bits per heavy atom. The average molecular weight is 223 g/mol. The number of rotatable bonds is 2. The van der Waals surface area contributed by atoms with Gasteiger partial charge in [-0.3, -0.25) is 0 Å². The van der Waals surface area contributed by atoms with Crippen LogP contribution in [0.25, 0.3) is 10.6 Å². The van der Waals surface area contributed by atoms with E-state index in [1.54, 1.807) is 25.3 Å².